The molecule has 0 spiro atoms. The molecule has 0 atom stereocenters. The number of hydrogen-bond acceptors (Lipinski definition) is 2. The Bertz CT molecular complexity index is 717. The van der Waals surface area contributed by atoms with Crippen LogP contribution < -0.4 is 0 Å². The van der Waals surface area contributed by atoms with Crippen molar-refractivity contribution in [1.82, 2.24) is 0 Å². The maximum absolute atomic E-state index is 12.0. The van der Waals surface area contributed by atoms with E-state index in [1.165, 1.54) is 141 Å². The summed E-state index contributed by atoms with van der Waals surface area (Å²) in [5.74, 6) is -1.21. The molecule has 0 unspecified atom stereocenters. The van der Waals surface area contributed by atoms with E-state index >= 15 is 0 Å². The van der Waals surface area contributed by atoms with Crippen LogP contribution in [0.5, 0.6) is 0 Å². The van der Waals surface area contributed by atoms with Gasteiger partial charge in [0.1, 0.15) is 0 Å². The molecule has 0 saturated heterocycles. The summed E-state index contributed by atoms with van der Waals surface area (Å²) in [6.07, 6.45) is 48.2. The molecule has 0 aromatic rings. The van der Waals surface area contributed by atoms with E-state index in [9.17, 15) is 14.7 Å². The molecule has 0 fully saturated rings. The van der Waals surface area contributed by atoms with Gasteiger partial charge in [-0.15, -0.1) is 0 Å². The number of rotatable bonds is 36. The van der Waals surface area contributed by atoms with Gasteiger partial charge in [-0.2, -0.15) is 0 Å². The number of allylic oxidation sites excluding steroid dienone is 4. The zero-order valence-electron chi connectivity index (χ0n) is 32.9. The van der Waals surface area contributed by atoms with Crippen LogP contribution in [0.3, 0.4) is 0 Å². The van der Waals surface area contributed by atoms with Gasteiger partial charge in [0, 0.05) is 6.42 Å². The predicted octanol–water partition coefficient (Wildman–Crippen LogP) is 15.2. The molecule has 0 aromatic carbocycles. The Morgan fingerprint density at radius 2 is 0.688 bits per heavy atom. The van der Waals surface area contributed by atoms with Crippen molar-refractivity contribution in [1.29, 1.82) is 0 Å². The minimum Gasteiger partial charge on any atom is -0.481 e. The Balaban J connectivity index is 0. The summed E-state index contributed by atoms with van der Waals surface area (Å²) in [5, 5.41) is 18.4. The Labute approximate surface area is 300 Å². The highest BCUT2D eigenvalue weighted by atomic mass is 16.4. The zero-order valence-corrected chi connectivity index (χ0v) is 32.9. The van der Waals surface area contributed by atoms with Crippen LogP contribution in [-0.4, -0.2) is 22.2 Å². The van der Waals surface area contributed by atoms with Gasteiger partial charge in [-0.05, 0) is 77.0 Å². The third kappa shape index (κ3) is 35.7. The van der Waals surface area contributed by atoms with Crippen molar-refractivity contribution in [2.75, 3.05) is 0 Å². The van der Waals surface area contributed by atoms with Gasteiger partial charge in [0.2, 0.25) is 0 Å². The largest absolute Gasteiger partial charge is 0.481 e. The number of carbonyl (C=O) groups is 2. The van der Waals surface area contributed by atoms with E-state index in [0.29, 0.717) is 6.42 Å². The van der Waals surface area contributed by atoms with E-state index in [0.717, 1.165) is 64.2 Å². The molecule has 0 heterocycles. The summed E-state index contributed by atoms with van der Waals surface area (Å²) in [4.78, 5) is 22.3. The summed E-state index contributed by atoms with van der Waals surface area (Å²) in [5.41, 5.74) is -0.455. The van der Waals surface area contributed by atoms with E-state index in [1.54, 1.807) is 0 Å². The lowest BCUT2D eigenvalue weighted by molar-refractivity contribution is -0.150. The van der Waals surface area contributed by atoms with Crippen molar-refractivity contribution in [3.63, 3.8) is 0 Å². The molecule has 4 nitrogen and oxygen atoms in total. The highest BCUT2D eigenvalue weighted by molar-refractivity contribution is 5.74. The first-order valence-electron chi connectivity index (χ1n) is 21.1. The lowest BCUT2D eigenvalue weighted by Crippen LogP contribution is -2.31. The molecule has 0 rings (SSSR count). The van der Waals surface area contributed by atoms with Crippen molar-refractivity contribution in [2.24, 2.45) is 5.41 Å². The second-order valence-electron chi connectivity index (χ2n) is 14.5. The average molecular weight is 677 g/mol. The first-order valence-corrected chi connectivity index (χ1v) is 21.1. The maximum Gasteiger partial charge on any atom is 0.309 e. The van der Waals surface area contributed by atoms with Crippen molar-refractivity contribution < 1.29 is 19.8 Å². The van der Waals surface area contributed by atoms with E-state index in [-0.39, 0.29) is 0 Å². The summed E-state index contributed by atoms with van der Waals surface area (Å²) >= 11 is 0. The molecule has 0 bridgehead atoms. The molecule has 0 amide bonds. The minimum absolute atomic E-state index is 0.332. The molecule has 48 heavy (non-hydrogen) atoms. The van der Waals surface area contributed by atoms with Crippen molar-refractivity contribution in [3.05, 3.63) is 24.3 Å². The number of hydrogen-bond donors (Lipinski definition) is 2. The summed E-state index contributed by atoms with van der Waals surface area (Å²) in [7, 11) is 0. The molecule has 284 valence electrons. The van der Waals surface area contributed by atoms with Gasteiger partial charge >= 0.3 is 11.9 Å². The van der Waals surface area contributed by atoms with Crippen molar-refractivity contribution >= 4 is 11.9 Å². The van der Waals surface area contributed by atoms with E-state index in [1.807, 2.05) is 0 Å². The fraction of sp³-hybridized carbons (Fsp3) is 0.864. The average Bonchev–Trinajstić information content (AvgIpc) is 3.07. The second kappa shape index (κ2) is 39.9. The van der Waals surface area contributed by atoms with Crippen LogP contribution in [0.1, 0.15) is 240 Å². The molecule has 0 aliphatic rings. The summed E-state index contributed by atoms with van der Waals surface area (Å²) < 4.78 is 0. The van der Waals surface area contributed by atoms with Gasteiger partial charge in [-0.25, -0.2) is 0 Å². The quantitative estimate of drug-likeness (QED) is 0.0511. The van der Waals surface area contributed by atoms with Gasteiger partial charge in [0.25, 0.3) is 0 Å². The monoisotopic (exact) mass is 677 g/mol. The summed E-state index contributed by atoms with van der Waals surface area (Å²) in [6.45, 7) is 8.85. The van der Waals surface area contributed by atoms with Gasteiger partial charge in [-0.1, -0.05) is 180 Å². The van der Waals surface area contributed by atoms with Crippen LogP contribution in [0.15, 0.2) is 24.3 Å². The molecule has 4 heteroatoms. The molecule has 0 saturated carbocycles. The standard InChI is InChI=1S/C26H50O2.C18H34O2/c1-4-7-10-11-12-13-14-15-16-17-18-19-20-21-24-26(25(27)28,22-8-5-2)23-9-6-3;1-2-3-4-5-6-7-8-9-10-11-12-13-14-15-16-17-18(19)20/h15-16H,4-14,17-24H2,1-3H3,(H,27,28);9-10H,2-8,11-17H2,1H3,(H,19,20). The number of aliphatic carboxylic acids is 2. The van der Waals surface area contributed by atoms with Crippen LogP contribution >= 0.6 is 0 Å². The number of carboxylic acids is 2. The van der Waals surface area contributed by atoms with Gasteiger partial charge < -0.3 is 10.2 Å². The van der Waals surface area contributed by atoms with Crippen LogP contribution in [-0.2, 0) is 9.59 Å². The summed E-state index contributed by atoms with van der Waals surface area (Å²) in [6, 6.07) is 0. The fourth-order valence-electron chi connectivity index (χ4n) is 6.43. The smallest absolute Gasteiger partial charge is 0.309 e. The Morgan fingerprint density at radius 3 is 1.02 bits per heavy atom. The molecule has 0 aliphatic carbocycles. The van der Waals surface area contributed by atoms with E-state index in [4.69, 9.17) is 5.11 Å². The van der Waals surface area contributed by atoms with Crippen LogP contribution in [0, 0.1) is 5.41 Å². The molecular weight excluding hydrogens is 592 g/mol. The van der Waals surface area contributed by atoms with E-state index in [2.05, 4.69) is 52.0 Å². The molecule has 0 aliphatic heterocycles. The minimum atomic E-state index is -0.664. The highest BCUT2D eigenvalue weighted by Gasteiger charge is 2.36. The molecule has 0 radical (unpaired) electrons. The molecule has 2 N–H and O–H groups in total. The lowest BCUT2D eigenvalue weighted by atomic mass is 9.74. The van der Waals surface area contributed by atoms with Crippen molar-refractivity contribution in [3.8, 4) is 0 Å². The Hall–Kier alpha value is -1.58. The SMILES string of the molecule is CCCCCCCCC=CCCCCCCC(CCCC)(CCCC)C(=O)O.CCCCCCCCC=CCCCCCCCC(=O)O. The van der Waals surface area contributed by atoms with Crippen LogP contribution in [0.4, 0.5) is 0 Å². The normalized spacial score (nSPS) is 11.8. The molecule has 0 aromatic heterocycles. The second-order valence-corrected chi connectivity index (χ2v) is 14.5. The van der Waals surface area contributed by atoms with Gasteiger partial charge in [-0.3, -0.25) is 9.59 Å². The number of unbranched alkanes of at least 4 members (excludes halogenated alkanes) is 23. The van der Waals surface area contributed by atoms with Gasteiger partial charge in [0.15, 0.2) is 0 Å². The topological polar surface area (TPSA) is 74.6 Å². The lowest BCUT2D eigenvalue weighted by Gasteiger charge is -2.29. The highest BCUT2D eigenvalue weighted by Crippen LogP contribution is 2.37. The Morgan fingerprint density at radius 1 is 0.396 bits per heavy atom. The zero-order chi connectivity index (χ0) is 35.8. The third-order valence-electron chi connectivity index (χ3n) is 9.79. The van der Waals surface area contributed by atoms with Crippen molar-refractivity contribution in [2.45, 2.75) is 240 Å². The van der Waals surface area contributed by atoms with Gasteiger partial charge in [0.05, 0.1) is 5.41 Å². The maximum atomic E-state index is 12.0. The Kier molecular flexibility index (Phi) is 40.3. The van der Waals surface area contributed by atoms with Crippen LogP contribution in [0.25, 0.3) is 0 Å². The molecular formula is C44H84O4. The third-order valence-corrected chi connectivity index (χ3v) is 9.79. The first-order chi connectivity index (χ1) is 23.4. The van der Waals surface area contributed by atoms with Crippen LogP contribution in [0.2, 0.25) is 0 Å². The predicted molar refractivity (Wildman–Crippen MR) is 211 cm³/mol. The van der Waals surface area contributed by atoms with E-state index < -0.39 is 17.4 Å². The number of carboxylic acid groups (broad SMARTS) is 2. The first kappa shape index (κ1) is 48.5. The fourth-order valence-corrected chi connectivity index (χ4v) is 6.43.